The number of amides is 2. The number of rotatable bonds is 12. The molecule has 0 aliphatic carbocycles. The fourth-order valence-corrected chi connectivity index (χ4v) is 4.68. The number of hydrogen-bond acceptors (Lipinski definition) is 6. The normalized spacial score (nSPS) is 12.2. The zero-order valence-electron chi connectivity index (χ0n) is 28.0. The van der Waals surface area contributed by atoms with E-state index in [4.69, 9.17) is 9.84 Å². The lowest BCUT2D eigenvalue weighted by molar-refractivity contribution is -0.137. The largest absolute Gasteiger partial charge is 0.493 e. The summed E-state index contributed by atoms with van der Waals surface area (Å²) in [5.74, 6) is -0.491. The average molecular weight is 637 g/mol. The van der Waals surface area contributed by atoms with Crippen LogP contribution in [-0.2, 0) is 21.4 Å². The summed E-state index contributed by atoms with van der Waals surface area (Å²) in [5, 5.41) is 14.4. The zero-order chi connectivity index (χ0) is 34.2. The minimum absolute atomic E-state index is 0.0395. The average Bonchev–Trinajstić information content (AvgIpc) is 3.03. The van der Waals surface area contributed by atoms with Crippen molar-refractivity contribution < 1.29 is 24.2 Å². The molecule has 0 aliphatic heterocycles. The Morgan fingerprint density at radius 2 is 1.38 bits per heavy atom. The predicted molar refractivity (Wildman–Crippen MR) is 183 cm³/mol. The van der Waals surface area contributed by atoms with Crippen molar-refractivity contribution in [3.63, 3.8) is 0 Å². The molecule has 0 saturated carbocycles. The Morgan fingerprint density at radius 1 is 0.787 bits per heavy atom. The molecule has 3 N–H and O–H groups in total. The smallest absolute Gasteiger partial charge is 0.305 e. The Labute approximate surface area is 276 Å². The first-order valence-electron chi connectivity index (χ1n) is 15.7. The van der Waals surface area contributed by atoms with Gasteiger partial charge in [0.05, 0.1) is 13.0 Å². The van der Waals surface area contributed by atoms with Crippen LogP contribution < -0.4 is 15.4 Å². The van der Waals surface area contributed by atoms with Crippen molar-refractivity contribution >= 4 is 17.8 Å². The van der Waals surface area contributed by atoms with Gasteiger partial charge >= 0.3 is 5.97 Å². The van der Waals surface area contributed by atoms with Crippen LogP contribution in [0.3, 0.4) is 0 Å². The minimum atomic E-state index is -1.02. The number of nitrogens with zero attached hydrogens (tertiary/aromatic N) is 2. The quantitative estimate of drug-likeness (QED) is 0.163. The first-order valence-corrected chi connectivity index (χ1v) is 15.7. The van der Waals surface area contributed by atoms with Crippen molar-refractivity contribution in [1.29, 1.82) is 0 Å². The molecule has 1 aromatic heterocycles. The molecular formula is C38H44N4O5. The summed E-state index contributed by atoms with van der Waals surface area (Å²) >= 11 is 0. The molecule has 1 atom stereocenters. The van der Waals surface area contributed by atoms with Gasteiger partial charge < -0.3 is 20.5 Å². The van der Waals surface area contributed by atoms with Crippen molar-refractivity contribution in [1.82, 2.24) is 20.6 Å². The number of nitrogens with one attached hydrogen (secondary N) is 2. The number of hydrogen-bond donors (Lipinski definition) is 3. The Bertz CT molecular complexity index is 1650. The maximum atomic E-state index is 13.1. The molecule has 1 unspecified atom stereocenters. The highest BCUT2D eigenvalue weighted by molar-refractivity contribution is 5.97. The number of carboxylic acids is 1. The number of carbonyl (C=O) groups excluding carboxylic acids is 2. The number of benzene rings is 3. The molecule has 0 radical (unpaired) electrons. The van der Waals surface area contributed by atoms with E-state index in [1.165, 1.54) is 0 Å². The van der Waals surface area contributed by atoms with Gasteiger partial charge in [-0.2, -0.15) is 0 Å². The van der Waals surface area contributed by atoms with Gasteiger partial charge in [-0.1, -0.05) is 90.1 Å². The van der Waals surface area contributed by atoms with Crippen LogP contribution in [-0.4, -0.2) is 52.1 Å². The van der Waals surface area contributed by atoms with Gasteiger partial charge in [0.1, 0.15) is 11.8 Å². The number of ether oxygens (including phenoxy) is 1. The van der Waals surface area contributed by atoms with Crippen molar-refractivity contribution in [2.24, 2.45) is 5.41 Å². The highest BCUT2D eigenvalue weighted by Crippen LogP contribution is 2.25. The monoisotopic (exact) mass is 636 g/mol. The lowest BCUT2D eigenvalue weighted by Crippen LogP contribution is -2.48. The summed E-state index contributed by atoms with van der Waals surface area (Å²) in [6, 6.07) is 21.7. The lowest BCUT2D eigenvalue weighted by Gasteiger charge is -2.20. The van der Waals surface area contributed by atoms with E-state index in [1.54, 1.807) is 24.5 Å². The van der Waals surface area contributed by atoms with Crippen molar-refractivity contribution in [2.45, 2.75) is 65.8 Å². The van der Waals surface area contributed by atoms with E-state index >= 15 is 0 Å². The van der Waals surface area contributed by atoms with Gasteiger partial charge in [-0.3, -0.25) is 14.4 Å². The van der Waals surface area contributed by atoms with Gasteiger partial charge in [0, 0.05) is 42.0 Å². The third kappa shape index (κ3) is 10.5. The van der Waals surface area contributed by atoms with E-state index in [9.17, 15) is 14.4 Å². The molecule has 4 rings (SSSR count). The second kappa shape index (κ2) is 15.0. The standard InChI is InChI=1S/C38H44N4O5/c1-37(2,3)24-47-31-17-13-26(14-18-31)29-22-40-34(41-23-29)27-9-7-25(8-10-27)21-32(36(46)39-20-19-33(43)44)42-35(45)28-11-15-30(16-12-28)38(4,5)6/h7-18,22-23,32H,19-21,24H2,1-6H3,(H,39,46)(H,42,45)(H,43,44). The third-order valence-corrected chi connectivity index (χ3v) is 7.44. The summed E-state index contributed by atoms with van der Waals surface area (Å²) in [6.45, 7) is 13.3. The third-order valence-electron chi connectivity index (χ3n) is 7.44. The van der Waals surface area contributed by atoms with Crippen LogP contribution in [0.1, 0.15) is 69.4 Å². The van der Waals surface area contributed by atoms with E-state index in [-0.39, 0.29) is 36.1 Å². The molecule has 0 aliphatic rings. The van der Waals surface area contributed by atoms with Gasteiger partial charge in [0.2, 0.25) is 5.91 Å². The molecule has 0 saturated heterocycles. The molecule has 3 aromatic carbocycles. The first-order chi connectivity index (χ1) is 22.2. The van der Waals surface area contributed by atoms with Crippen LogP contribution in [0.2, 0.25) is 0 Å². The predicted octanol–water partition coefficient (Wildman–Crippen LogP) is 6.47. The van der Waals surface area contributed by atoms with Crippen LogP contribution in [0.15, 0.2) is 85.2 Å². The van der Waals surface area contributed by atoms with Gasteiger partial charge in [0.25, 0.3) is 5.91 Å². The van der Waals surface area contributed by atoms with Crippen LogP contribution in [0.5, 0.6) is 5.75 Å². The number of aromatic nitrogens is 2. The molecule has 9 nitrogen and oxygen atoms in total. The fourth-order valence-electron chi connectivity index (χ4n) is 4.68. The summed E-state index contributed by atoms with van der Waals surface area (Å²) in [5.41, 5.74) is 5.01. The molecule has 1 heterocycles. The van der Waals surface area contributed by atoms with Crippen LogP contribution >= 0.6 is 0 Å². The summed E-state index contributed by atoms with van der Waals surface area (Å²) in [6.07, 6.45) is 3.55. The molecule has 246 valence electrons. The Hall–Kier alpha value is -5.05. The molecule has 0 fully saturated rings. The van der Waals surface area contributed by atoms with Crippen LogP contribution in [0, 0.1) is 5.41 Å². The molecular weight excluding hydrogens is 592 g/mol. The van der Waals surface area contributed by atoms with Gasteiger partial charge in [-0.05, 0) is 51.8 Å². The zero-order valence-corrected chi connectivity index (χ0v) is 28.0. The van der Waals surface area contributed by atoms with E-state index in [0.717, 1.165) is 33.6 Å². The highest BCUT2D eigenvalue weighted by atomic mass is 16.5. The second-order valence-electron chi connectivity index (χ2n) is 13.9. The van der Waals surface area contributed by atoms with Gasteiger partial charge in [-0.15, -0.1) is 0 Å². The van der Waals surface area contributed by atoms with E-state index in [0.29, 0.717) is 18.0 Å². The summed E-state index contributed by atoms with van der Waals surface area (Å²) in [4.78, 5) is 46.3. The van der Waals surface area contributed by atoms with Gasteiger partial charge in [-0.25, -0.2) is 9.97 Å². The SMILES string of the molecule is CC(C)(C)COc1ccc(-c2cnc(-c3ccc(CC(NC(=O)c4ccc(C(C)(C)C)cc4)C(=O)NCCC(=O)O)cc3)nc2)cc1. The maximum absolute atomic E-state index is 13.1. The number of carbonyl (C=O) groups is 3. The van der Waals surface area contributed by atoms with Crippen molar-refractivity contribution in [2.75, 3.05) is 13.2 Å². The van der Waals surface area contributed by atoms with Crippen molar-refractivity contribution in [3.8, 4) is 28.3 Å². The highest BCUT2D eigenvalue weighted by Gasteiger charge is 2.23. The molecule has 47 heavy (non-hydrogen) atoms. The Morgan fingerprint density at radius 3 is 1.94 bits per heavy atom. The number of aliphatic carboxylic acids is 1. The second-order valence-corrected chi connectivity index (χ2v) is 13.9. The minimum Gasteiger partial charge on any atom is -0.493 e. The van der Waals surface area contributed by atoms with E-state index < -0.39 is 17.9 Å². The maximum Gasteiger partial charge on any atom is 0.305 e. The molecule has 0 spiro atoms. The molecule has 9 heteroatoms. The lowest BCUT2D eigenvalue weighted by atomic mass is 9.86. The van der Waals surface area contributed by atoms with Crippen molar-refractivity contribution in [3.05, 3.63) is 102 Å². The molecule has 2 amide bonds. The van der Waals surface area contributed by atoms with E-state index in [1.807, 2.05) is 60.7 Å². The first kappa shape index (κ1) is 34.8. The molecule has 4 aromatic rings. The number of carboxylic acid groups (broad SMARTS) is 1. The summed E-state index contributed by atoms with van der Waals surface area (Å²) < 4.78 is 5.87. The van der Waals surface area contributed by atoms with E-state index in [2.05, 4.69) is 62.1 Å². The van der Waals surface area contributed by atoms with Crippen LogP contribution in [0.4, 0.5) is 0 Å². The molecule has 0 bridgehead atoms. The topological polar surface area (TPSA) is 131 Å². The van der Waals surface area contributed by atoms with Gasteiger partial charge in [0.15, 0.2) is 5.82 Å². The fraction of sp³-hybridized carbons (Fsp3) is 0.342. The van der Waals surface area contributed by atoms with Crippen LogP contribution in [0.25, 0.3) is 22.5 Å². The Kier molecular flexibility index (Phi) is 11.1. The Balaban J connectivity index is 1.43. The summed E-state index contributed by atoms with van der Waals surface area (Å²) in [7, 11) is 0.